The molecule has 0 saturated heterocycles. The molecule has 0 aromatic heterocycles. The van der Waals surface area contributed by atoms with Gasteiger partial charge in [-0.15, -0.1) is 0 Å². The molecule has 1 aliphatic heterocycles. The molecule has 3 rings (SSSR count). The summed E-state index contributed by atoms with van der Waals surface area (Å²) in [6, 6.07) is 11.4. The number of Topliss-reactive ketones (excluding diaryl/α,β-unsaturated/α-hetero) is 1. The Labute approximate surface area is 119 Å². The van der Waals surface area contributed by atoms with Gasteiger partial charge in [0.1, 0.15) is 5.82 Å². The minimum Gasteiger partial charge on any atom is -0.308 e. The summed E-state index contributed by atoms with van der Waals surface area (Å²) in [6.07, 6.45) is 0. The van der Waals surface area contributed by atoms with Crippen LogP contribution in [0.15, 0.2) is 52.3 Å². The molecule has 1 amide bonds. The number of amides is 1. The number of benzene rings is 2. The lowest BCUT2D eigenvalue weighted by atomic mass is 10.1. The van der Waals surface area contributed by atoms with Crippen molar-refractivity contribution in [1.29, 1.82) is 0 Å². The number of carbonyl (C=O) groups is 2. The van der Waals surface area contributed by atoms with Gasteiger partial charge in [0.2, 0.25) is 0 Å². The summed E-state index contributed by atoms with van der Waals surface area (Å²) in [7, 11) is 1.58. The largest absolute Gasteiger partial charge is 0.308 e. The number of rotatable bonds is 2. The van der Waals surface area contributed by atoms with E-state index in [-0.39, 0.29) is 5.82 Å². The predicted molar refractivity (Wildman–Crippen MR) is 74.7 cm³/mol. The summed E-state index contributed by atoms with van der Waals surface area (Å²) in [6.45, 7) is 0. The highest BCUT2D eigenvalue weighted by Crippen LogP contribution is 2.35. The monoisotopic (exact) mass is 287 g/mol. The van der Waals surface area contributed by atoms with Crippen molar-refractivity contribution in [3.63, 3.8) is 0 Å². The fourth-order valence-electron chi connectivity index (χ4n) is 2.06. The number of anilines is 1. The molecular formula is C15H10FNO2S. The second kappa shape index (κ2) is 4.76. The Morgan fingerprint density at radius 2 is 1.65 bits per heavy atom. The highest BCUT2D eigenvalue weighted by Gasteiger charge is 2.33. The van der Waals surface area contributed by atoms with E-state index in [1.165, 1.54) is 28.8 Å². The van der Waals surface area contributed by atoms with Gasteiger partial charge in [-0.1, -0.05) is 11.8 Å². The van der Waals surface area contributed by atoms with E-state index in [0.29, 0.717) is 11.3 Å². The van der Waals surface area contributed by atoms with Gasteiger partial charge >= 0.3 is 0 Å². The first-order chi connectivity index (χ1) is 9.56. The van der Waals surface area contributed by atoms with Crippen LogP contribution in [-0.2, 0) is 4.79 Å². The zero-order chi connectivity index (χ0) is 14.3. The molecule has 0 spiro atoms. The van der Waals surface area contributed by atoms with Crippen molar-refractivity contribution >= 4 is 29.1 Å². The molecule has 2 aromatic carbocycles. The Hall–Kier alpha value is -2.14. The molecule has 0 saturated carbocycles. The van der Waals surface area contributed by atoms with E-state index in [0.717, 1.165) is 9.79 Å². The van der Waals surface area contributed by atoms with Crippen LogP contribution in [0.1, 0.15) is 10.4 Å². The quantitative estimate of drug-likeness (QED) is 0.796. The van der Waals surface area contributed by atoms with Crippen LogP contribution >= 0.6 is 11.8 Å². The predicted octanol–water partition coefficient (Wildman–Crippen LogP) is 3.14. The van der Waals surface area contributed by atoms with Crippen molar-refractivity contribution in [1.82, 2.24) is 0 Å². The number of fused-ring (bicyclic) bond motifs is 1. The molecule has 0 unspecified atom stereocenters. The molecule has 0 radical (unpaired) electrons. The summed E-state index contributed by atoms with van der Waals surface area (Å²) < 4.78 is 12.9. The molecule has 0 atom stereocenters. The van der Waals surface area contributed by atoms with E-state index >= 15 is 0 Å². The van der Waals surface area contributed by atoms with E-state index in [9.17, 15) is 14.0 Å². The lowest BCUT2D eigenvalue weighted by Gasteiger charge is -2.10. The van der Waals surface area contributed by atoms with Crippen LogP contribution in [0.5, 0.6) is 0 Å². The van der Waals surface area contributed by atoms with Crippen LogP contribution < -0.4 is 4.90 Å². The minimum atomic E-state index is -0.510. The lowest BCUT2D eigenvalue weighted by molar-refractivity contribution is -0.114. The number of carbonyl (C=O) groups excluding carboxylic acids is 2. The second-order valence-corrected chi connectivity index (χ2v) is 5.58. The number of halogens is 1. The van der Waals surface area contributed by atoms with Crippen LogP contribution in [0.25, 0.3) is 0 Å². The maximum absolute atomic E-state index is 12.9. The first-order valence-corrected chi connectivity index (χ1v) is 6.78. The van der Waals surface area contributed by atoms with Crippen molar-refractivity contribution in [2.45, 2.75) is 9.79 Å². The van der Waals surface area contributed by atoms with Crippen molar-refractivity contribution < 1.29 is 14.0 Å². The summed E-state index contributed by atoms with van der Waals surface area (Å²) >= 11 is 1.45. The topological polar surface area (TPSA) is 37.4 Å². The summed E-state index contributed by atoms with van der Waals surface area (Å²) in [5.41, 5.74) is 1.05. The Balaban J connectivity index is 1.92. The van der Waals surface area contributed by atoms with Crippen LogP contribution in [0.4, 0.5) is 10.1 Å². The number of nitrogens with zero attached hydrogens (tertiary/aromatic N) is 1. The van der Waals surface area contributed by atoms with Gasteiger partial charge < -0.3 is 4.90 Å². The first kappa shape index (κ1) is 12.9. The van der Waals surface area contributed by atoms with E-state index in [4.69, 9.17) is 0 Å². The minimum absolute atomic E-state index is 0.278. The average Bonchev–Trinajstić information content (AvgIpc) is 2.66. The average molecular weight is 287 g/mol. The smallest absolute Gasteiger partial charge is 0.299 e. The third-order valence-corrected chi connectivity index (χ3v) is 4.12. The number of ketones is 1. The van der Waals surface area contributed by atoms with Gasteiger partial charge in [-0.05, 0) is 42.5 Å². The lowest BCUT2D eigenvalue weighted by Crippen LogP contribution is -2.24. The van der Waals surface area contributed by atoms with Gasteiger partial charge in [0.05, 0.1) is 11.3 Å². The fourth-order valence-corrected chi connectivity index (χ4v) is 2.91. The van der Waals surface area contributed by atoms with Gasteiger partial charge in [0, 0.05) is 16.8 Å². The fraction of sp³-hybridized carbons (Fsp3) is 0.0667. The van der Waals surface area contributed by atoms with Crippen molar-refractivity contribution in [2.24, 2.45) is 0 Å². The highest BCUT2D eigenvalue weighted by molar-refractivity contribution is 7.99. The van der Waals surface area contributed by atoms with E-state index < -0.39 is 11.7 Å². The number of likely N-dealkylation sites (N-methyl/N-ethyl adjacent to an activating group) is 1. The molecule has 1 aliphatic rings. The van der Waals surface area contributed by atoms with Crippen molar-refractivity contribution in [3.8, 4) is 0 Å². The number of hydrogen-bond donors (Lipinski definition) is 0. The zero-order valence-corrected chi connectivity index (χ0v) is 11.4. The molecule has 5 heteroatoms. The molecule has 0 bridgehead atoms. The Morgan fingerprint density at radius 1 is 1.00 bits per heavy atom. The third-order valence-electron chi connectivity index (χ3n) is 3.12. The summed E-state index contributed by atoms with van der Waals surface area (Å²) in [5, 5.41) is 0. The van der Waals surface area contributed by atoms with E-state index in [2.05, 4.69) is 0 Å². The highest BCUT2D eigenvalue weighted by atomic mass is 32.2. The zero-order valence-electron chi connectivity index (χ0n) is 10.6. The third kappa shape index (κ3) is 2.10. The standard InChI is InChI=1S/C15H10FNO2S/c1-17-13-8-11(6-7-12(13)14(18)15(17)19)20-10-4-2-9(16)3-5-10/h2-8H,1H3. The van der Waals surface area contributed by atoms with Crippen molar-refractivity contribution in [2.75, 3.05) is 11.9 Å². The van der Waals surface area contributed by atoms with Crippen LogP contribution in [0.2, 0.25) is 0 Å². The summed E-state index contributed by atoms with van der Waals surface area (Å²) in [5.74, 6) is -1.26. The van der Waals surface area contributed by atoms with Crippen LogP contribution in [0.3, 0.4) is 0 Å². The summed E-state index contributed by atoms with van der Waals surface area (Å²) in [4.78, 5) is 26.4. The van der Waals surface area contributed by atoms with Crippen molar-refractivity contribution in [3.05, 3.63) is 53.8 Å². The molecule has 0 fully saturated rings. The molecule has 2 aromatic rings. The van der Waals surface area contributed by atoms with Gasteiger partial charge in [0.15, 0.2) is 0 Å². The Bertz CT molecular complexity index is 712. The van der Waals surface area contributed by atoms with Crippen LogP contribution in [-0.4, -0.2) is 18.7 Å². The molecule has 3 nitrogen and oxygen atoms in total. The van der Waals surface area contributed by atoms with Gasteiger partial charge in [-0.3, -0.25) is 9.59 Å². The van der Waals surface area contributed by atoms with Gasteiger partial charge in [0.25, 0.3) is 11.7 Å². The van der Waals surface area contributed by atoms with Crippen LogP contribution in [0, 0.1) is 5.82 Å². The molecule has 0 N–H and O–H groups in total. The maximum atomic E-state index is 12.9. The number of hydrogen-bond acceptors (Lipinski definition) is 3. The Kier molecular flexibility index (Phi) is 3.06. The first-order valence-electron chi connectivity index (χ1n) is 5.96. The normalized spacial score (nSPS) is 13.8. The molecule has 0 aliphatic carbocycles. The SMILES string of the molecule is CN1C(=O)C(=O)c2ccc(Sc3ccc(F)cc3)cc21. The van der Waals surface area contributed by atoms with Gasteiger partial charge in [-0.25, -0.2) is 4.39 Å². The molecule has 20 heavy (non-hydrogen) atoms. The Morgan fingerprint density at radius 3 is 2.35 bits per heavy atom. The van der Waals surface area contributed by atoms with E-state index in [1.807, 2.05) is 0 Å². The van der Waals surface area contributed by atoms with Gasteiger partial charge in [-0.2, -0.15) is 0 Å². The van der Waals surface area contributed by atoms with E-state index in [1.54, 1.807) is 37.4 Å². The second-order valence-electron chi connectivity index (χ2n) is 4.43. The molecule has 1 heterocycles. The molecule has 100 valence electrons. The molecular weight excluding hydrogens is 277 g/mol. The maximum Gasteiger partial charge on any atom is 0.299 e.